The van der Waals surface area contributed by atoms with Crippen LogP contribution in [0.4, 0.5) is 4.39 Å². The first-order valence-corrected chi connectivity index (χ1v) is 9.35. The number of hydrogen-bond acceptors (Lipinski definition) is 4. The van der Waals surface area contributed by atoms with Crippen LogP contribution >= 0.6 is 0 Å². The molecule has 1 amide bonds. The number of ether oxygens (including phenoxy) is 1. The van der Waals surface area contributed by atoms with Crippen LogP contribution in [-0.4, -0.2) is 15.9 Å². The molecule has 0 aliphatic heterocycles. The quantitative estimate of drug-likeness (QED) is 0.495. The van der Waals surface area contributed by atoms with E-state index >= 15 is 0 Å². The van der Waals surface area contributed by atoms with Gasteiger partial charge in [0.05, 0.1) is 5.69 Å². The van der Waals surface area contributed by atoms with Gasteiger partial charge in [-0.05, 0) is 66.2 Å². The molecule has 0 radical (unpaired) electrons. The van der Waals surface area contributed by atoms with E-state index in [-0.39, 0.29) is 11.7 Å². The second-order valence-corrected chi connectivity index (χ2v) is 6.51. The maximum Gasteiger partial charge on any atom is 0.251 e. The molecule has 0 fully saturated rings. The number of amides is 1. The lowest BCUT2D eigenvalue weighted by Crippen LogP contribution is -2.23. The summed E-state index contributed by atoms with van der Waals surface area (Å²) in [5, 5.41) is 2.92. The number of aromatic nitrogens is 2. The zero-order chi connectivity index (χ0) is 20.8. The Kier molecular flexibility index (Phi) is 5.75. The number of carbonyl (C=O) groups excluding carboxylic acids is 1. The number of nitrogens with zero attached hydrogens (tertiary/aromatic N) is 2. The predicted molar refractivity (Wildman–Crippen MR) is 112 cm³/mol. The van der Waals surface area contributed by atoms with E-state index in [2.05, 4.69) is 15.3 Å². The molecule has 0 unspecified atom stereocenters. The van der Waals surface area contributed by atoms with Crippen molar-refractivity contribution in [3.05, 3.63) is 108 Å². The van der Waals surface area contributed by atoms with Gasteiger partial charge in [-0.3, -0.25) is 14.8 Å². The molecule has 0 bridgehead atoms. The van der Waals surface area contributed by atoms with Gasteiger partial charge in [-0.2, -0.15) is 0 Å². The Bertz CT molecular complexity index is 1150. The molecular formula is C24H18FN3O2. The first-order valence-electron chi connectivity index (χ1n) is 9.35. The number of carbonyl (C=O) groups is 1. The Morgan fingerprint density at radius 2 is 1.70 bits per heavy atom. The molecule has 0 aliphatic carbocycles. The monoisotopic (exact) mass is 399 g/mol. The minimum Gasteiger partial charge on any atom is -0.457 e. The Hall–Kier alpha value is -4.06. The minimum absolute atomic E-state index is 0.232. The second kappa shape index (κ2) is 8.96. The second-order valence-electron chi connectivity index (χ2n) is 6.51. The molecule has 0 spiro atoms. The van der Waals surface area contributed by atoms with Gasteiger partial charge >= 0.3 is 0 Å². The van der Waals surface area contributed by atoms with Gasteiger partial charge in [0.2, 0.25) is 0 Å². The van der Waals surface area contributed by atoms with Gasteiger partial charge < -0.3 is 10.1 Å². The van der Waals surface area contributed by atoms with Crippen molar-refractivity contribution < 1.29 is 13.9 Å². The van der Waals surface area contributed by atoms with E-state index in [0.29, 0.717) is 23.6 Å². The molecule has 2 aromatic heterocycles. The highest BCUT2D eigenvalue weighted by atomic mass is 19.1. The maximum atomic E-state index is 13.0. The van der Waals surface area contributed by atoms with Crippen LogP contribution in [0, 0.1) is 5.82 Å². The topological polar surface area (TPSA) is 64.1 Å². The van der Waals surface area contributed by atoms with Crippen LogP contribution in [0.25, 0.3) is 11.3 Å². The number of nitrogens with one attached hydrogen (secondary N) is 1. The molecule has 0 aliphatic rings. The predicted octanol–water partition coefficient (Wildman–Crippen LogP) is 5.01. The molecule has 0 saturated heterocycles. The molecule has 1 N–H and O–H groups in total. The highest BCUT2D eigenvalue weighted by Gasteiger charge is 2.10. The third-order valence-electron chi connectivity index (χ3n) is 4.43. The van der Waals surface area contributed by atoms with E-state index in [9.17, 15) is 9.18 Å². The summed E-state index contributed by atoms with van der Waals surface area (Å²) >= 11 is 0. The van der Waals surface area contributed by atoms with Crippen LogP contribution < -0.4 is 10.1 Å². The molecule has 148 valence electrons. The average Bonchev–Trinajstić information content (AvgIpc) is 2.80. The third kappa shape index (κ3) is 4.67. The van der Waals surface area contributed by atoms with E-state index in [0.717, 1.165) is 16.8 Å². The van der Waals surface area contributed by atoms with Gasteiger partial charge in [-0.25, -0.2) is 4.39 Å². The highest BCUT2D eigenvalue weighted by Crippen LogP contribution is 2.23. The van der Waals surface area contributed by atoms with Crippen LogP contribution in [0.5, 0.6) is 11.5 Å². The standard InChI is InChI=1S/C24H18FN3O2/c25-20-6-8-21(9-7-20)30-22-5-1-3-18(15-22)24(29)28-16-19-4-2-12-27-23(19)17-10-13-26-14-11-17/h1-15H,16H2,(H,28,29). The summed E-state index contributed by atoms with van der Waals surface area (Å²) in [5.74, 6) is 0.417. The number of benzene rings is 2. The molecular weight excluding hydrogens is 381 g/mol. The summed E-state index contributed by atoms with van der Waals surface area (Å²) in [7, 11) is 0. The Balaban J connectivity index is 1.46. The molecule has 6 heteroatoms. The normalized spacial score (nSPS) is 10.4. The molecule has 2 heterocycles. The number of halogens is 1. The summed E-state index contributed by atoms with van der Waals surface area (Å²) in [6, 6.07) is 20.1. The summed E-state index contributed by atoms with van der Waals surface area (Å²) < 4.78 is 18.7. The van der Waals surface area contributed by atoms with E-state index in [1.807, 2.05) is 24.3 Å². The number of pyridine rings is 2. The van der Waals surface area contributed by atoms with Crippen molar-refractivity contribution in [3.8, 4) is 22.8 Å². The molecule has 2 aromatic carbocycles. The van der Waals surface area contributed by atoms with Gasteiger partial charge in [0.25, 0.3) is 5.91 Å². The number of hydrogen-bond donors (Lipinski definition) is 1. The minimum atomic E-state index is -0.336. The van der Waals surface area contributed by atoms with Gasteiger partial charge in [-0.1, -0.05) is 12.1 Å². The zero-order valence-corrected chi connectivity index (χ0v) is 16.0. The Morgan fingerprint density at radius 1 is 0.900 bits per heavy atom. The van der Waals surface area contributed by atoms with Crippen molar-refractivity contribution in [2.24, 2.45) is 0 Å². The molecule has 4 rings (SSSR count). The van der Waals surface area contributed by atoms with Crippen molar-refractivity contribution in [1.82, 2.24) is 15.3 Å². The fourth-order valence-corrected chi connectivity index (χ4v) is 2.97. The molecule has 0 saturated carbocycles. The Morgan fingerprint density at radius 3 is 2.50 bits per heavy atom. The lowest BCUT2D eigenvalue weighted by atomic mass is 10.1. The van der Waals surface area contributed by atoms with Gasteiger partial charge in [0, 0.05) is 36.3 Å². The van der Waals surface area contributed by atoms with Crippen molar-refractivity contribution in [2.45, 2.75) is 6.54 Å². The van der Waals surface area contributed by atoms with E-state index in [1.165, 1.54) is 24.3 Å². The van der Waals surface area contributed by atoms with Crippen LogP contribution in [0.3, 0.4) is 0 Å². The first-order chi connectivity index (χ1) is 14.7. The smallest absolute Gasteiger partial charge is 0.251 e. The lowest BCUT2D eigenvalue weighted by Gasteiger charge is -2.11. The van der Waals surface area contributed by atoms with E-state index in [1.54, 1.807) is 42.9 Å². The summed E-state index contributed by atoms with van der Waals surface area (Å²) in [6.07, 6.45) is 5.13. The molecule has 30 heavy (non-hydrogen) atoms. The highest BCUT2D eigenvalue weighted by molar-refractivity contribution is 5.94. The van der Waals surface area contributed by atoms with Crippen LogP contribution in [0.15, 0.2) is 91.4 Å². The van der Waals surface area contributed by atoms with Gasteiger partial charge in [-0.15, -0.1) is 0 Å². The summed E-state index contributed by atoms with van der Waals surface area (Å²) in [5.41, 5.74) is 3.10. The zero-order valence-electron chi connectivity index (χ0n) is 16.0. The van der Waals surface area contributed by atoms with Gasteiger partial charge in [0.1, 0.15) is 17.3 Å². The van der Waals surface area contributed by atoms with Crippen LogP contribution in [0.2, 0.25) is 0 Å². The van der Waals surface area contributed by atoms with Gasteiger partial charge in [0.15, 0.2) is 0 Å². The lowest BCUT2D eigenvalue weighted by molar-refractivity contribution is 0.0950. The molecule has 5 nitrogen and oxygen atoms in total. The molecule has 4 aromatic rings. The summed E-state index contributed by atoms with van der Waals surface area (Å²) in [6.45, 7) is 0.327. The average molecular weight is 399 g/mol. The Labute approximate surface area is 173 Å². The largest absolute Gasteiger partial charge is 0.457 e. The van der Waals surface area contributed by atoms with E-state index < -0.39 is 0 Å². The fraction of sp³-hybridized carbons (Fsp3) is 0.0417. The summed E-state index contributed by atoms with van der Waals surface area (Å²) in [4.78, 5) is 21.1. The fourth-order valence-electron chi connectivity index (χ4n) is 2.97. The van der Waals surface area contributed by atoms with E-state index in [4.69, 9.17) is 4.74 Å². The van der Waals surface area contributed by atoms with Crippen LogP contribution in [-0.2, 0) is 6.54 Å². The maximum absolute atomic E-state index is 13.0. The van der Waals surface area contributed by atoms with Crippen molar-refractivity contribution in [1.29, 1.82) is 0 Å². The SMILES string of the molecule is O=C(NCc1cccnc1-c1ccncc1)c1cccc(Oc2ccc(F)cc2)c1. The molecule has 0 atom stereocenters. The first kappa shape index (κ1) is 19.3. The van der Waals surface area contributed by atoms with Crippen molar-refractivity contribution in [2.75, 3.05) is 0 Å². The number of rotatable bonds is 6. The van der Waals surface area contributed by atoms with Crippen LogP contribution in [0.1, 0.15) is 15.9 Å². The van der Waals surface area contributed by atoms with Crippen molar-refractivity contribution in [3.63, 3.8) is 0 Å². The van der Waals surface area contributed by atoms with Crippen molar-refractivity contribution >= 4 is 5.91 Å². The third-order valence-corrected chi connectivity index (χ3v) is 4.43.